The molecule has 0 radical (unpaired) electrons. The van der Waals surface area contributed by atoms with Gasteiger partial charge in [0.1, 0.15) is 11.9 Å². The number of aromatic nitrogens is 1. The second kappa shape index (κ2) is 6.00. The van der Waals surface area contributed by atoms with E-state index < -0.39 is 12.2 Å². The highest BCUT2D eigenvalue weighted by atomic mass is 35.5. The van der Waals surface area contributed by atoms with Gasteiger partial charge in [-0.15, -0.1) is 11.6 Å². The lowest BCUT2D eigenvalue weighted by Gasteiger charge is -2.17. The Bertz CT molecular complexity index is 349. The van der Waals surface area contributed by atoms with Crippen molar-refractivity contribution in [1.29, 1.82) is 0 Å². The lowest BCUT2D eigenvalue weighted by molar-refractivity contribution is 0.0167. The summed E-state index contributed by atoms with van der Waals surface area (Å²) in [6.45, 7) is -0.259. The maximum atomic E-state index is 9.76. The first kappa shape index (κ1) is 13.2. The van der Waals surface area contributed by atoms with Gasteiger partial charge in [-0.2, -0.15) is 0 Å². The molecule has 0 aliphatic rings. The van der Waals surface area contributed by atoms with Crippen molar-refractivity contribution in [1.82, 2.24) is 4.98 Å². The normalized spacial score (nSPS) is 14.8. The molecule has 16 heavy (non-hydrogen) atoms. The van der Waals surface area contributed by atoms with E-state index in [9.17, 15) is 10.2 Å². The maximum Gasteiger partial charge on any atom is 0.128 e. The monoisotopic (exact) mass is 246 g/mol. The zero-order valence-corrected chi connectivity index (χ0v) is 9.43. The van der Waals surface area contributed by atoms with Crippen molar-refractivity contribution in [2.45, 2.75) is 25.2 Å². The van der Waals surface area contributed by atoms with Gasteiger partial charge in [0.05, 0.1) is 12.7 Å². The standard InChI is InChI=1S/C10H15ClN2O3/c11-2-1-8(15)9(16)6-3-7(5-14)10(12)13-4-6/h3-4,8-9,14-16H,1-2,5H2,(H2,12,13). The fourth-order valence-electron chi connectivity index (χ4n) is 1.32. The van der Waals surface area contributed by atoms with Gasteiger partial charge in [0.2, 0.25) is 0 Å². The molecule has 5 nitrogen and oxygen atoms in total. The molecule has 0 spiro atoms. The number of pyridine rings is 1. The van der Waals surface area contributed by atoms with E-state index in [1.54, 1.807) is 0 Å². The summed E-state index contributed by atoms with van der Waals surface area (Å²) in [5.41, 5.74) is 6.34. The molecule has 0 amide bonds. The first-order valence-electron chi connectivity index (χ1n) is 4.87. The van der Waals surface area contributed by atoms with E-state index in [1.165, 1.54) is 12.3 Å². The van der Waals surface area contributed by atoms with Crippen molar-refractivity contribution >= 4 is 17.4 Å². The van der Waals surface area contributed by atoms with Crippen LogP contribution in [0.4, 0.5) is 5.82 Å². The fourth-order valence-corrected chi connectivity index (χ4v) is 1.54. The van der Waals surface area contributed by atoms with Gasteiger partial charge in [-0.05, 0) is 12.5 Å². The summed E-state index contributed by atoms with van der Waals surface area (Å²) in [5.74, 6) is 0.471. The van der Waals surface area contributed by atoms with Gasteiger partial charge in [-0.1, -0.05) is 0 Å². The number of hydrogen-bond acceptors (Lipinski definition) is 5. The number of nitrogens with two attached hydrogens (primary N) is 1. The first-order chi connectivity index (χ1) is 7.60. The van der Waals surface area contributed by atoms with Crippen molar-refractivity contribution in [3.05, 3.63) is 23.4 Å². The molecular formula is C10H15ClN2O3. The van der Waals surface area contributed by atoms with Crippen molar-refractivity contribution in [3.8, 4) is 0 Å². The van der Waals surface area contributed by atoms with Gasteiger partial charge >= 0.3 is 0 Å². The Hall–Kier alpha value is -0.880. The predicted octanol–water partition coefficient (Wildman–Crippen LogP) is 0.179. The van der Waals surface area contributed by atoms with E-state index in [0.29, 0.717) is 11.1 Å². The number of hydrogen-bond donors (Lipinski definition) is 4. The van der Waals surface area contributed by atoms with E-state index in [2.05, 4.69) is 4.98 Å². The predicted molar refractivity (Wildman–Crippen MR) is 60.9 cm³/mol. The Labute approximate surface area is 98.5 Å². The second-order valence-corrected chi connectivity index (χ2v) is 3.84. The van der Waals surface area contributed by atoms with Crippen LogP contribution in [0.3, 0.4) is 0 Å². The first-order valence-corrected chi connectivity index (χ1v) is 5.40. The van der Waals surface area contributed by atoms with Gasteiger partial charge in [0.25, 0.3) is 0 Å². The van der Waals surface area contributed by atoms with Crippen LogP contribution >= 0.6 is 11.6 Å². The third-order valence-corrected chi connectivity index (χ3v) is 2.52. The minimum atomic E-state index is -1.07. The Morgan fingerprint density at radius 1 is 1.44 bits per heavy atom. The summed E-state index contributed by atoms with van der Waals surface area (Å²) in [6, 6.07) is 1.52. The summed E-state index contributed by atoms with van der Waals surface area (Å²) in [4.78, 5) is 3.83. The molecule has 0 fully saturated rings. The van der Waals surface area contributed by atoms with Crippen molar-refractivity contribution in [2.24, 2.45) is 0 Å². The Morgan fingerprint density at radius 2 is 2.12 bits per heavy atom. The van der Waals surface area contributed by atoms with Gasteiger partial charge in [-0.25, -0.2) is 4.98 Å². The lowest BCUT2D eigenvalue weighted by atomic mass is 10.0. The highest BCUT2D eigenvalue weighted by molar-refractivity contribution is 6.17. The highest BCUT2D eigenvalue weighted by Crippen LogP contribution is 2.21. The minimum absolute atomic E-state index is 0.213. The number of nitrogens with zero attached hydrogens (tertiary/aromatic N) is 1. The molecule has 5 N–H and O–H groups in total. The van der Waals surface area contributed by atoms with Gasteiger partial charge < -0.3 is 21.1 Å². The molecule has 0 aliphatic carbocycles. The Balaban J connectivity index is 2.87. The van der Waals surface area contributed by atoms with Crippen LogP contribution < -0.4 is 5.73 Å². The van der Waals surface area contributed by atoms with Gasteiger partial charge in [0, 0.05) is 23.2 Å². The highest BCUT2D eigenvalue weighted by Gasteiger charge is 2.18. The lowest BCUT2D eigenvalue weighted by Crippen LogP contribution is -2.19. The van der Waals surface area contributed by atoms with Gasteiger partial charge in [0.15, 0.2) is 0 Å². The van der Waals surface area contributed by atoms with Crippen LogP contribution in [-0.4, -0.2) is 32.3 Å². The number of aliphatic hydroxyl groups excluding tert-OH is 3. The number of alkyl halides is 1. The number of aliphatic hydroxyl groups is 3. The molecule has 0 saturated carbocycles. The maximum absolute atomic E-state index is 9.76. The number of halogens is 1. The number of rotatable bonds is 5. The van der Waals surface area contributed by atoms with Crippen LogP contribution in [-0.2, 0) is 6.61 Å². The molecule has 0 aliphatic heterocycles. The summed E-state index contributed by atoms with van der Waals surface area (Å²) in [5, 5.41) is 28.3. The molecule has 1 aromatic heterocycles. The van der Waals surface area contributed by atoms with Crippen LogP contribution in [0.5, 0.6) is 0 Å². The molecule has 1 aromatic rings. The molecule has 1 rings (SSSR count). The molecule has 0 saturated heterocycles. The molecule has 0 bridgehead atoms. The summed E-state index contributed by atoms with van der Waals surface area (Å²) in [7, 11) is 0. The average molecular weight is 247 g/mol. The molecule has 0 aromatic carbocycles. The summed E-state index contributed by atoms with van der Waals surface area (Å²) in [6.07, 6.45) is -0.371. The Morgan fingerprint density at radius 3 is 2.69 bits per heavy atom. The van der Waals surface area contributed by atoms with Crippen molar-refractivity contribution in [2.75, 3.05) is 11.6 Å². The summed E-state index contributed by atoms with van der Waals surface area (Å²) >= 11 is 5.46. The minimum Gasteiger partial charge on any atom is -0.392 e. The zero-order valence-electron chi connectivity index (χ0n) is 8.67. The molecule has 90 valence electrons. The van der Waals surface area contributed by atoms with Gasteiger partial charge in [-0.3, -0.25) is 0 Å². The third kappa shape index (κ3) is 3.05. The topological polar surface area (TPSA) is 99.6 Å². The van der Waals surface area contributed by atoms with E-state index in [-0.39, 0.29) is 24.7 Å². The molecule has 1 heterocycles. The molecule has 6 heteroatoms. The zero-order chi connectivity index (χ0) is 12.1. The van der Waals surface area contributed by atoms with Crippen LogP contribution in [0.2, 0.25) is 0 Å². The smallest absolute Gasteiger partial charge is 0.128 e. The SMILES string of the molecule is Nc1ncc(C(O)C(O)CCCl)cc1CO. The molecule has 2 unspecified atom stereocenters. The van der Waals surface area contributed by atoms with Crippen LogP contribution in [0.25, 0.3) is 0 Å². The average Bonchev–Trinajstić information content (AvgIpc) is 2.29. The largest absolute Gasteiger partial charge is 0.392 e. The van der Waals surface area contributed by atoms with Crippen molar-refractivity contribution in [3.63, 3.8) is 0 Å². The number of anilines is 1. The van der Waals surface area contributed by atoms with Crippen LogP contribution in [0, 0.1) is 0 Å². The number of nitrogen functional groups attached to an aromatic ring is 1. The van der Waals surface area contributed by atoms with Crippen LogP contribution in [0.15, 0.2) is 12.3 Å². The molecule has 2 atom stereocenters. The second-order valence-electron chi connectivity index (χ2n) is 3.46. The van der Waals surface area contributed by atoms with Crippen molar-refractivity contribution < 1.29 is 15.3 Å². The van der Waals surface area contributed by atoms with Crippen LogP contribution in [0.1, 0.15) is 23.7 Å². The van der Waals surface area contributed by atoms with E-state index in [1.807, 2.05) is 0 Å². The Kier molecular flexibility index (Phi) is 4.95. The molecular weight excluding hydrogens is 232 g/mol. The van der Waals surface area contributed by atoms with E-state index in [0.717, 1.165) is 0 Å². The van der Waals surface area contributed by atoms with E-state index >= 15 is 0 Å². The summed E-state index contributed by atoms with van der Waals surface area (Å²) < 4.78 is 0. The quantitative estimate of drug-likeness (QED) is 0.556. The fraction of sp³-hybridized carbons (Fsp3) is 0.500. The van der Waals surface area contributed by atoms with E-state index in [4.69, 9.17) is 22.4 Å². The third-order valence-electron chi connectivity index (χ3n) is 2.30.